The van der Waals surface area contributed by atoms with Gasteiger partial charge < -0.3 is 9.73 Å². The highest BCUT2D eigenvalue weighted by Crippen LogP contribution is 2.26. The molecule has 0 fully saturated rings. The number of furan rings is 1. The summed E-state index contributed by atoms with van der Waals surface area (Å²) in [7, 11) is 1.85. The summed E-state index contributed by atoms with van der Waals surface area (Å²) in [6.07, 6.45) is 1.62. The van der Waals surface area contributed by atoms with E-state index in [1.807, 2.05) is 19.2 Å². The van der Waals surface area contributed by atoms with E-state index in [1.165, 1.54) is 0 Å². The summed E-state index contributed by atoms with van der Waals surface area (Å²) in [4.78, 5) is 0. The zero-order valence-corrected chi connectivity index (χ0v) is 9.38. The SMILES string of the molecule is CNCc1occc1-c1ccc(C)c(F)c1. The summed E-state index contributed by atoms with van der Waals surface area (Å²) in [5.74, 6) is 0.639. The van der Waals surface area contributed by atoms with Crippen molar-refractivity contribution >= 4 is 0 Å². The van der Waals surface area contributed by atoms with Crippen molar-refractivity contribution in [3.63, 3.8) is 0 Å². The zero-order chi connectivity index (χ0) is 11.5. The van der Waals surface area contributed by atoms with Gasteiger partial charge in [-0.25, -0.2) is 4.39 Å². The Morgan fingerprint density at radius 2 is 2.12 bits per heavy atom. The van der Waals surface area contributed by atoms with Gasteiger partial charge in [0.1, 0.15) is 11.6 Å². The van der Waals surface area contributed by atoms with Crippen molar-refractivity contribution in [2.24, 2.45) is 0 Å². The molecule has 0 bridgehead atoms. The van der Waals surface area contributed by atoms with Crippen LogP contribution in [0.5, 0.6) is 0 Å². The molecule has 2 nitrogen and oxygen atoms in total. The van der Waals surface area contributed by atoms with Crippen molar-refractivity contribution < 1.29 is 8.81 Å². The number of rotatable bonds is 3. The highest BCUT2D eigenvalue weighted by atomic mass is 19.1. The molecule has 0 aliphatic heterocycles. The Morgan fingerprint density at radius 1 is 1.31 bits per heavy atom. The molecule has 0 radical (unpaired) electrons. The van der Waals surface area contributed by atoms with Crippen LogP contribution < -0.4 is 5.32 Å². The maximum atomic E-state index is 13.4. The largest absolute Gasteiger partial charge is 0.467 e. The molecule has 0 spiro atoms. The number of hydrogen-bond acceptors (Lipinski definition) is 2. The molecule has 0 atom stereocenters. The van der Waals surface area contributed by atoms with Gasteiger partial charge in [0.2, 0.25) is 0 Å². The van der Waals surface area contributed by atoms with Gasteiger partial charge in [0, 0.05) is 5.56 Å². The molecule has 0 aliphatic carbocycles. The lowest BCUT2D eigenvalue weighted by molar-refractivity contribution is 0.496. The van der Waals surface area contributed by atoms with Gasteiger partial charge in [-0.2, -0.15) is 0 Å². The van der Waals surface area contributed by atoms with Gasteiger partial charge in [0.15, 0.2) is 0 Å². The van der Waals surface area contributed by atoms with Crippen molar-refractivity contribution in [2.45, 2.75) is 13.5 Å². The van der Waals surface area contributed by atoms with E-state index in [-0.39, 0.29) is 5.82 Å². The Balaban J connectivity index is 2.42. The summed E-state index contributed by atoms with van der Waals surface area (Å²) in [6.45, 7) is 2.39. The van der Waals surface area contributed by atoms with Crippen LogP contribution in [0.3, 0.4) is 0 Å². The van der Waals surface area contributed by atoms with Gasteiger partial charge in [-0.15, -0.1) is 0 Å². The third-order valence-corrected chi connectivity index (χ3v) is 2.57. The van der Waals surface area contributed by atoms with E-state index in [0.717, 1.165) is 16.9 Å². The lowest BCUT2D eigenvalue weighted by Crippen LogP contribution is -2.04. The molecular formula is C13H14FNO. The van der Waals surface area contributed by atoms with Crippen molar-refractivity contribution in [3.05, 3.63) is 47.7 Å². The highest BCUT2D eigenvalue weighted by Gasteiger charge is 2.09. The average molecular weight is 219 g/mol. The third kappa shape index (κ3) is 1.99. The maximum Gasteiger partial charge on any atom is 0.126 e. The number of benzene rings is 1. The molecule has 0 unspecified atom stereocenters. The lowest BCUT2D eigenvalue weighted by Gasteiger charge is -2.04. The molecule has 16 heavy (non-hydrogen) atoms. The monoisotopic (exact) mass is 219 g/mol. The molecule has 1 aromatic heterocycles. The van der Waals surface area contributed by atoms with Crippen LogP contribution in [0.25, 0.3) is 11.1 Å². The summed E-state index contributed by atoms with van der Waals surface area (Å²) >= 11 is 0. The van der Waals surface area contributed by atoms with Crippen molar-refractivity contribution in [1.29, 1.82) is 0 Å². The fraction of sp³-hybridized carbons (Fsp3) is 0.231. The maximum absolute atomic E-state index is 13.4. The Bertz CT molecular complexity index is 490. The van der Waals surface area contributed by atoms with Crippen molar-refractivity contribution in [3.8, 4) is 11.1 Å². The Labute approximate surface area is 94.1 Å². The van der Waals surface area contributed by atoms with Gasteiger partial charge >= 0.3 is 0 Å². The van der Waals surface area contributed by atoms with Gasteiger partial charge in [0.05, 0.1) is 12.8 Å². The summed E-state index contributed by atoms with van der Waals surface area (Å²) in [5.41, 5.74) is 2.44. The standard InChI is InChI=1S/C13H14FNO/c1-9-3-4-10(7-12(9)14)11-5-6-16-13(11)8-15-2/h3-7,15H,8H2,1-2H3. The van der Waals surface area contributed by atoms with Crippen LogP contribution in [0.15, 0.2) is 34.9 Å². The summed E-state index contributed by atoms with van der Waals surface area (Å²) < 4.78 is 18.8. The van der Waals surface area contributed by atoms with E-state index in [4.69, 9.17) is 4.42 Å². The molecule has 84 valence electrons. The summed E-state index contributed by atoms with van der Waals surface area (Å²) in [6, 6.07) is 7.08. The molecule has 0 aliphatic rings. The molecule has 1 heterocycles. The van der Waals surface area contributed by atoms with Crippen LogP contribution >= 0.6 is 0 Å². The Hall–Kier alpha value is -1.61. The molecule has 0 saturated heterocycles. The van der Waals surface area contributed by atoms with Crippen molar-refractivity contribution in [2.75, 3.05) is 7.05 Å². The lowest BCUT2D eigenvalue weighted by atomic mass is 10.0. The van der Waals surface area contributed by atoms with E-state index in [1.54, 1.807) is 25.3 Å². The second-order valence-electron chi connectivity index (χ2n) is 3.75. The second kappa shape index (κ2) is 4.49. The first kappa shape index (κ1) is 10.9. The van der Waals surface area contributed by atoms with Crippen LogP contribution in [-0.2, 0) is 6.54 Å². The van der Waals surface area contributed by atoms with Gasteiger partial charge in [-0.3, -0.25) is 0 Å². The van der Waals surface area contributed by atoms with E-state index in [2.05, 4.69) is 5.32 Å². The Kier molecular flexibility index (Phi) is 3.06. The number of hydrogen-bond donors (Lipinski definition) is 1. The van der Waals surface area contributed by atoms with Gasteiger partial charge in [-0.05, 0) is 37.2 Å². The van der Waals surface area contributed by atoms with Crippen LogP contribution in [0.1, 0.15) is 11.3 Å². The quantitative estimate of drug-likeness (QED) is 0.858. The molecule has 2 rings (SSSR count). The highest BCUT2D eigenvalue weighted by molar-refractivity contribution is 5.65. The molecule has 3 heteroatoms. The minimum atomic E-state index is -0.186. The van der Waals surface area contributed by atoms with E-state index in [9.17, 15) is 4.39 Å². The van der Waals surface area contributed by atoms with Crippen LogP contribution in [0, 0.1) is 12.7 Å². The van der Waals surface area contributed by atoms with E-state index in [0.29, 0.717) is 12.1 Å². The topological polar surface area (TPSA) is 25.2 Å². The van der Waals surface area contributed by atoms with E-state index < -0.39 is 0 Å². The second-order valence-corrected chi connectivity index (χ2v) is 3.75. The van der Waals surface area contributed by atoms with Crippen LogP contribution in [0.2, 0.25) is 0 Å². The molecule has 1 N–H and O–H groups in total. The van der Waals surface area contributed by atoms with E-state index >= 15 is 0 Å². The van der Waals surface area contributed by atoms with Crippen molar-refractivity contribution in [1.82, 2.24) is 5.32 Å². The Morgan fingerprint density at radius 3 is 2.81 bits per heavy atom. The predicted octanol–water partition coefficient (Wildman–Crippen LogP) is 3.11. The average Bonchev–Trinajstić information content (AvgIpc) is 2.71. The predicted molar refractivity (Wildman–Crippen MR) is 61.6 cm³/mol. The minimum Gasteiger partial charge on any atom is -0.467 e. The first-order valence-electron chi connectivity index (χ1n) is 5.20. The molecule has 1 aromatic carbocycles. The molecule has 0 amide bonds. The normalized spacial score (nSPS) is 10.7. The fourth-order valence-electron chi connectivity index (χ4n) is 1.66. The van der Waals surface area contributed by atoms with Crippen LogP contribution in [0.4, 0.5) is 4.39 Å². The van der Waals surface area contributed by atoms with Crippen LogP contribution in [-0.4, -0.2) is 7.05 Å². The molecule has 0 saturated carbocycles. The zero-order valence-electron chi connectivity index (χ0n) is 9.38. The van der Waals surface area contributed by atoms with Gasteiger partial charge in [-0.1, -0.05) is 12.1 Å². The first-order chi connectivity index (χ1) is 7.72. The smallest absolute Gasteiger partial charge is 0.126 e. The summed E-state index contributed by atoms with van der Waals surface area (Å²) in [5, 5.41) is 3.02. The third-order valence-electron chi connectivity index (χ3n) is 2.57. The number of halogens is 1. The fourth-order valence-corrected chi connectivity index (χ4v) is 1.66. The van der Waals surface area contributed by atoms with Gasteiger partial charge in [0.25, 0.3) is 0 Å². The molecular weight excluding hydrogens is 205 g/mol. The number of aryl methyl sites for hydroxylation is 1. The molecule has 2 aromatic rings. The first-order valence-corrected chi connectivity index (χ1v) is 5.20. The minimum absolute atomic E-state index is 0.186. The number of nitrogens with one attached hydrogen (secondary N) is 1.